The molecule has 0 radical (unpaired) electrons. The molecule has 4 heteroatoms. The third-order valence-corrected chi connectivity index (χ3v) is 4.23. The van der Waals surface area contributed by atoms with Crippen LogP contribution in [-0.2, 0) is 0 Å². The average Bonchev–Trinajstić information content (AvgIpc) is 2.37. The Hall–Kier alpha value is -0.740. The summed E-state index contributed by atoms with van der Waals surface area (Å²) in [6, 6.07) is 4.14. The number of likely N-dealkylation sites (tertiary alicyclic amines) is 1. The standard InChI is InChI=1S/C15H23BrN2O/c1-11-7-13(16)8-14(19-3)15(11)17-9-12-5-4-6-18(2)10-12/h7-8,12,17H,4-6,9-10H2,1-3H3. The lowest BCUT2D eigenvalue weighted by molar-refractivity contribution is 0.217. The van der Waals surface area contributed by atoms with Crippen LogP contribution in [0.15, 0.2) is 16.6 Å². The summed E-state index contributed by atoms with van der Waals surface area (Å²) in [6.45, 7) is 5.55. The Balaban J connectivity index is 2.02. The lowest BCUT2D eigenvalue weighted by atomic mass is 9.98. The molecular formula is C15H23BrN2O. The van der Waals surface area contributed by atoms with E-state index in [1.807, 2.05) is 6.07 Å². The van der Waals surface area contributed by atoms with Gasteiger partial charge in [0.15, 0.2) is 0 Å². The number of rotatable bonds is 4. The van der Waals surface area contributed by atoms with Crippen molar-refractivity contribution in [3.8, 4) is 5.75 Å². The number of aryl methyl sites for hydroxylation is 1. The molecule has 1 fully saturated rings. The van der Waals surface area contributed by atoms with E-state index in [0.29, 0.717) is 0 Å². The first-order valence-electron chi connectivity index (χ1n) is 6.86. The maximum Gasteiger partial charge on any atom is 0.143 e. The molecular weight excluding hydrogens is 304 g/mol. The molecule has 0 aliphatic carbocycles. The zero-order valence-electron chi connectivity index (χ0n) is 12.0. The van der Waals surface area contributed by atoms with Gasteiger partial charge in [0.25, 0.3) is 0 Å². The van der Waals surface area contributed by atoms with Crippen molar-refractivity contribution in [3.63, 3.8) is 0 Å². The summed E-state index contributed by atoms with van der Waals surface area (Å²) in [5.74, 6) is 1.64. The molecule has 0 aromatic heterocycles. The van der Waals surface area contributed by atoms with E-state index in [0.717, 1.165) is 28.4 Å². The van der Waals surface area contributed by atoms with E-state index in [-0.39, 0.29) is 0 Å². The Morgan fingerprint density at radius 1 is 1.47 bits per heavy atom. The van der Waals surface area contributed by atoms with Crippen LogP contribution >= 0.6 is 15.9 Å². The molecule has 0 spiro atoms. The van der Waals surface area contributed by atoms with Gasteiger partial charge in [0.1, 0.15) is 5.75 Å². The first kappa shape index (κ1) is 14.7. The highest BCUT2D eigenvalue weighted by Crippen LogP contribution is 2.32. The number of benzene rings is 1. The molecule has 0 saturated carbocycles. The predicted octanol–water partition coefficient (Wildman–Crippen LogP) is 3.52. The summed E-state index contributed by atoms with van der Waals surface area (Å²) in [7, 11) is 3.93. The molecule has 1 atom stereocenters. The van der Waals surface area contributed by atoms with Gasteiger partial charge in [-0.05, 0) is 57.0 Å². The molecule has 1 aliphatic rings. The number of hydrogen-bond acceptors (Lipinski definition) is 3. The van der Waals surface area contributed by atoms with Gasteiger partial charge in [0.2, 0.25) is 0 Å². The average molecular weight is 327 g/mol. The van der Waals surface area contributed by atoms with E-state index in [1.54, 1.807) is 7.11 Å². The van der Waals surface area contributed by atoms with Gasteiger partial charge in [0, 0.05) is 17.6 Å². The van der Waals surface area contributed by atoms with Crippen molar-refractivity contribution in [3.05, 3.63) is 22.2 Å². The van der Waals surface area contributed by atoms with Crippen LogP contribution in [0, 0.1) is 12.8 Å². The van der Waals surface area contributed by atoms with Crippen LogP contribution in [0.4, 0.5) is 5.69 Å². The molecule has 1 aliphatic heterocycles. The smallest absolute Gasteiger partial charge is 0.143 e. The van der Waals surface area contributed by atoms with Gasteiger partial charge in [-0.25, -0.2) is 0 Å². The Labute approximate surface area is 124 Å². The number of methoxy groups -OCH3 is 1. The second-order valence-electron chi connectivity index (χ2n) is 5.45. The van der Waals surface area contributed by atoms with E-state index < -0.39 is 0 Å². The summed E-state index contributed by atoms with van der Waals surface area (Å²) in [4.78, 5) is 2.42. The van der Waals surface area contributed by atoms with Gasteiger partial charge in [-0.1, -0.05) is 15.9 Å². The third-order valence-electron chi connectivity index (χ3n) is 3.77. The molecule has 0 bridgehead atoms. The van der Waals surface area contributed by atoms with Crippen molar-refractivity contribution < 1.29 is 4.74 Å². The van der Waals surface area contributed by atoms with Gasteiger partial charge in [-0.15, -0.1) is 0 Å². The van der Waals surface area contributed by atoms with Crippen LogP contribution in [0.1, 0.15) is 18.4 Å². The molecule has 3 nitrogen and oxygen atoms in total. The number of ether oxygens (including phenoxy) is 1. The van der Waals surface area contributed by atoms with Crippen LogP contribution in [0.5, 0.6) is 5.75 Å². The Morgan fingerprint density at radius 3 is 2.95 bits per heavy atom. The molecule has 2 rings (SSSR count). The Bertz CT molecular complexity index is 436. The summed E-state index contributed by atoms with van der Waals surface area (Å²) < 4.78 is 6.53. The highest BCUT2D eigenvalue weighted by atomic mass is 79.9. The predicted molar refractivity (Wildman–Crippen MR) is 84.1 cm³/mol. The molecule has 1 saturated heterocycles. The Kier molecular flexibility index (Phi) is 5.11. The molecule has 1 N–H and O–H groups in total. The van der Waals surface area contributed by atoms with Gasteiger partial charge in [0.05, 0.1) is 12.8 Å². The molecule has 1 heterocycles. The van der Waals surface area contributed by atoms with E-state index in [4.69, 9.17) is 4.74 Å². The first-order valence-corrected chi connectivity index (χ1v) is 7.66. The molecule has 1 unspecified atom stereocenters. The summed E-state index contributed by atoms with van der Waals surface area (Å²) in [6.07, 6.45) is 2.62. The number of anilines is 1. The van der Waals surface area contributed by atoms with Crippen LogP contribution in [0.25, 0.3) is 0 Å². The van der Waals surface area contributed by atoms with Gasteiger partial charge >= 0.3 is 0 Å². The fraction of sp³-hybridized carbons (Fsp3) is 0.600. The fourth-order valence-corrected chi connectivity index (χ4v) is 3.34. The van der Waals surface area contributed by atoms with Gasteiger partial charge < -0.3 is 15.0 Å². The van der Waals surface area contributed by atoms with Crippen molar-refractivity contribution in [1.29, 1.82) is 0 Å². The van der Waals surface area contributed by atoms with E-state index in [2.05, 4.69) is 46.2 Å². The first-order chi connectivity index (χ1) is 9.10. The third kappa shape index (κ3) is 3.86. The normalized spacial score (nSPS) is 20.3. The summed E-state index contributed by atoms with van der Waals surface area (Å²) in [5.41, 5.74) is 2.34. The number of nitrogens with zero attached hydrogens (tertiary/aromatic N) is 1. The number of hydrogen-bond donors (Lipinski definition) is 1. The molecule has 1 aromatic rings. The number of nitrogens with one attached hydrogen (secondary N) is 1. The van der Waals surface area contributed by atoms with Crippen LogP contribution in [-0.4, -0.2) is 38.7 Å². The van der Waals surface area contributed by atoms with Crippen molar-refractivity contribution in [2.24, 2.45) is 5.92 Å². The highest BCUT2D eigenvalue weighted by Gasteiger charge is 2.18. The minimum Gasteiger partial charge on any atom is -0.495 e. The summed E-state index contributed by atoms with van der Waals surface area (Å²) >= 11 is 3.51. The highest BCUT2D eigenvalue weighted by molar-refractivity contribution is 9.10. The molecule has 1 aromatic carbocycles. The lowest BCUT2D eigenvalue weighted by Crippen LogP contribution is -2.35. The maximum absolute atomic E-state index is 5.47. The van der Waals surface area contributed by atoms with Gasteiger partial charge in [-0.3, -0.25) is 0 Å². The minimum absolute atomic E-state index is 0.728. The zero-order chi connectivity index (χ0) is 13.8. The number of halogens is 1. The molecule has 106 valence electrons. The number of piperidine rings is 1. The SMILES string of the molecule is COc1cc(Br)cc(C)c1NCC1CCCN(C)C1. The van der Waals surface area contributed by atoms with Crippen molar-refractivity contribution in [2.75, 3.05) is 39.1 Å². The maximum atomic E-state index is 5.47. The van der Waals surface area contributed by atoms with Crippen LogP contribution in [0.2, 0.25) is 0 Å². The van der Waals surface area contributed by atoms with Crippen molar-refractivity contribution >= 4 is 21.6 Å². The minimum atomic E-state index is 0.728. The quantitative estimate of drug-likeness (QED) is 0.916. The zero-order valence-corrected chi connectivity index (χ0v) is 13.6. The molecule has 0 amide bonds. The lowest BCUT2D eigenvalue weighted by Gasteiger charge is -2.30. The Morgan fingerprint density at radius 2 is 2.26 bits per heavy atom. The largest absolute Gasteiger partial charge is 0.495 e. The topological polar surface area (TPSA) is 24.5 Å². The second-order valence-corrected chi connectivity index (χ2v) is 6.37. The van der Waals surface area contributed by atoms with Crippen LogP contribution < -0.4 is 10.1 Å². The van der Waals surface area contributed by atoms with Crippen molar-refractivity contribution in [2.45, 2.75) is 19.8 Å². The van der Waals surface area contributed by atoms with E-state index >= 15 is 0 Å². The molecule has 19 heavy (non-hydrogen) atoms. The second kappa shape index (κ2) is 6.62. The van der Waals surface area contributed by atoms with E-state index in [9.17, 15) is 0 Å². The van der Waals surface area contributed by atoms with Crippen LogP contribution in [0.3, 0.4) is 0 Å². The van der Waals surface area contributed by atoms with E-state index in [1.165, 1.54) is 31.5 Å². The summed E-state index contributed by atoms with van der Waals surface area (Å²) in [5, 5.41) is 3.58. The fourth-order valence-electron chi connectivity index (χ4n) is 2.79. The monoisotopic (exact) mass is 326 g/mol. The van der Waals surface area contributed by atoms with Crippen molar-refractivity contribution in [1.82, 2.24) is 4.90 Å². The van der Waals surface area contributed by atoms with Gasteiger partial charge in [-0.2, -0.15) is 0 Å².